The molecule has 0 radical (unpaired) electrons. The number of ether oxygens (including phenoxy) is 2. The second kappa shape index (κ2) is 11.7. The highest BCUT2D eigenvalue weighted by Gasteiger charge is 2.30. The number of carbonyl (C=O) groups is 1. The van der Waals surface area contributed by atoms with Gasteiger partial charge in [-0.2, -0.15) is 0 Å². The Balaban J connectivity index is 1.30. The van der Waals surface area contributed by atoms with Crippen molar-refractivity contribution < 1.29 is 19.4 Å². The monoisotopic (exact) mass is 610 g/mol. The maximum Gasteiger partial charge on any atom is 0.339 e. The molecule has 3 aromatic carbocycles. The topological polar surface area (TPSA) is 62.2 Å². The first-order chi connectivity index (χ1) is 18.7. The van der Waals surface area contributed by atoms with Crippen LogP contribution in [0.4, 0.5) is 5.69 Å². The molecule has 1 N–H and O–H groups in total. The highest BCUT2D eigenvalue weighted by atomic mass is 79.9. The first kappa shape index (κ1) is 27.7. The molecule has 204 valence electrons. The van der Waals surface area contributed by atoms with Crippen LogP contribution in [-0.4, -0.2) is 60.9 Å². The lowest BCUT2D eigenvalue weighted by molar-refractivity contribution is -0.0101. The summed E-state index contributed by atoms with van der Waals surface area (Å²) in [4.78, 5) is 16.6. The van der Waals surface area contributed by atoms with Crippen molar-refractivity contribution in [3.05, 3.63) is 92.9 Å². The van der Waals surface area contributed by atoms with Crippen molar-refractivity contribution in [3.63, 3.8) is 0 Å². The van der Waals surface area contributed by atoms with E-state index in [0.717, 1.165) is 54.3 Å². The van der Waals surface area contributed by atoms with Gasteiger partial charge in [-0.05, 0) is 73.0 Å². The van der Waals surface area contributed by atoms with Crippen molar-refractivity contribution in [3.8, 4) is 11.5 Å². The van der Waals surface area contributed by atoms with Gasteiger partial charge in [-0.25, -0.2) is 4.79 Å². The van der Waals surface area contributed by atoms with E-state index in [1.165, 1.54) is 16.7 Å². The molecule has 0 unspecified atom stereocenters. The lowest BCUT2D eigenvalue weighted by atomic mass is 9.87. The van der Waals surface area contributed by atoms with Crippen molar-refractivity contribution in [1.29, 1.82) is 0 Å². The normalized spacial score (nSPS) is 17.8. The molecule has 1 fully saturated rings. The summed E-state index contributed by atoms with van der Waals surface area (Å²) in [6.07, 6.45) is 0.862. The van der Waals surface area contributed by atoms with Crippen molar-refractivity contribution in [1.82, 2.24) is 4.90 Å². The van der Waals surface area contributed by atoms with E-state index in [1.54, 1.807) is 6.07 Å². The van der Waals surface area contributed by atoms with E-state index >= 15 is 0 Å². The summed E-state index contributed by atoms with van der Waals surface area (Å²) in [5.41, 5.74) is 4.77. The van der Waals surface area contributed by atoms with Crippen LogP contribution in [0.15, 0.2) is 76.8 Å². The average molecular weight is 612 g/mol. The SMILES string of the molecule is CC1(C)CC(c2ccc(Cl)cc2)=C(CN2CCN(c3ccc(C(=O)O)c(Oc4cccc(Br)c4)c3)CC2)CO1. The van der Waals surface area contributed by atoms with Gasteiger partial charge < -0.3 is 19.5 Å². The van der Waals surface area contributed by atoms with Crippen LogP contribution in [-0.2, 0) is 4.74 Å². The van der Waals surface area contributed by atoms with Gasteiger partial charge >= 0.3 is 5.97 Å². The zero-order chi connectivity index (χ0) is 27.6. The Morgan fingerprint density at radius 1 is 1.05 bits per heavy atom. The third kappa shape index (κ3) is 6.84. The number of aromatic carboxylic acids is 1. The van der Waals surface area contributed by atoms with Gasteiger partial charge in [-0.15, -0.1) is 0 Å². The molecular weight excluding hydrogens is 580 g/mol. The third-order valence-electron chi connectivity index (χ3n) is 7.23. The molecule has 2 aliphatic rings. The minimum atomic E-state index is -1.01. The van der Waals surface area contributed by atoms with E-state index in [-0.39, 0.29) is 11.2 Å². The van der Waals surface area contributed by atoms with Gasteiger partial charge in [0.15, 0.2) is 0 Å². The van der Waals surface area contributed by atoms with Gasteiger partial charge in [0.25, 0.3) is 0 Å². The van der Waals surface area contributed by atoms with Crippen molar-refractivity contribution in [2.75, 3.05) is 44.2 Å². The number of benzene rings is 3. The Bertz CT molecular complexity index is 1380. The molecule has 0 atom stereocenters. The van der Waals surface area contributed by atoms with Crippen molar-refractivity contribution in [2.24, 2.45) is 0 Å². The molecule has 39 heavy (non-hydrogen) atoms. The van der Waals surface area contributed by atoms with Crippen LogP contribution in [0.3, 0.4) is 0 Å². The predicted octanol–water partition coefficient (Wildman–Crippen LogP) is 7.37. The lowest BCUT2D eigenvalue weighted by Gasteiger charge is -2.39. The number of carboxylic acids is 1. The highest BCUT2D eigenvalue weighted by Crippen LogP contribution is 2.36. The molecule has 1 saturated heterocycles. The standard InChI is InChI=1S/C31H32BrClN2O4/c1-31(2)18-28(21-6-8-24(33)9-7-21)22(20-38-31)19-34-12-14-35(15-13-34)25-10-11-27(30(36)37)29(17-25)39-26-5-3-4-23(32)16-26/h3-11,16-17H,12-15,18-20H2,1-2H3,(H,36,37). The number of rotatable bonds is 7. The Labute approximate surface area is 242 Å². The van der Waals surface area contributed by atoms with Gasteiger partial charge in [0.05, 0.1) is 12.2 Å². The van der Waals surface area contributed by atoms with Gasteiger partial charge in [-0.3, -0.25) is 4.90 Å². The number of carboxylic acid groups (broad SMARTS) is 1. The van der Waals surface area contributed by atoms with E-state index < -0.39 is 5.97 Å². The van der Waals surface area contributed by atoms with E-state index in [4.69, 9.17) is 21.1 Å². The summed E-state index contributed by atoms with van der Waals surface area (Å²) in [7, 11) is 0. The Morgan fingerprint density at radius 2 is 1.79 bits per heavy atom. The number of halogens is 2. The van der Waals surface area contributed by atoms with Crippen LogP contribution in [0.1, 0.15) is 36.2 Å². The smallest absolute Gasteiger partial charge is 0.339 e. The number of hydrogen-bond acceptors (Lipinski definition) is 5. The fourth-order valence-corrected chi connectivity index (χ4v) is 5.63. The number of anilines is 1. The van der Waals surface area contributed by atoms with Gasteiger partial charge in [-0.1, -0.05) is 45.7 Å². The van der Waals surface area contributed by atoms with Gasteiger partial charge in [0.2, 0.25) is 0 Å². The van der Waals surface area contributed by atoms with Crippen molar-refractivity contribution in [2.45, 2.75) is 25.9 Å². The third-order valence-corrected chi connectivity index (χ3v) is 7.98. The molecule has 0 saturated carbocycles. The second-order valence-electron chi connectivity index (χ2n) is 10.6. The van der Waals surface area contributed by atoms with Gasteiger partial charge in [0.1, 0.15) is 17.1 Å². The zero-order valence-electron chi connectivity index (χ0n) is 22.1. The summed E-state index contributed by atoms with van der Waals surface area (Å²) in [6, 6.07) is 20.8. The predicted molar refractivity (Wildman–Crippen MR) is 159 cm³/mol. The minimum Gasteiger partial charge on any atom is -0.478 e. The van der Waals surface area contributed by atoms with Crippen LogP contribution in [0.5, 0.6) is 11.5 Å². The second-order valence-corrected chi connectivity index (χ2v) is 12.0. The highest BCUT2D eigenvalue weighted by molar-refractivity contribution is 9.10. The summed E-state index contributed by atoms with van der Waals surface area (Å²) in [5, 5.41) is 10.4. The molecule has 0 bridgehead atoms. The molecule has 0 aliphatic carbocycles. The molecule has 3 aromatic rings. The molecule has 2 heterocycles. The van der Waals surface area contributed by atoms with E-state index in [9.17, 15) is 9.90 Å². The Hall–Kier alpha value is -2.84. The molecular formula is C31H32BrClN2O4. The fourth-order valence-electron chi connectivity index (χ4n) is 5.13. The van der Waals surface area contributed by atoms with Crippen LogP contribution in [0.25, 0.3) is 5.57 Å². The van der Waals surface area contributed by atoms with Crippen LogP contribution in [0, 0.1) is 0 Å². The van der Waals surface area contributed by atoms with E-state index in [1.807, 2.05) is 48.5 Å². The molecule has 0 aromatic heterocycles. The Morgan fingerprint density at radius 3 is 2.49 bits per heavy atom. The van der Waals surface area contributed by atoms with E-state index in [0.29, 0.717) is 18.1 Å². The fraction of sp³-hybridized carbons (Fsp3) is 0.323. The molecule has 2 aliphatic heterocycles. The summed E-state index contributed by atoms with van der Waals surface area (Å²) in [5.74, 6) is -0.101. The molecule has 0 spiro atoms. The first-order valence-electron chi connectivity index (χ1n) is 13.1. The largest absolute Gasteiger partial charge is 0.478 e. The maximum absolute atomic E-state index is 11.9. The lowest BCUT2D eigenvalue weighted by Crippen LogP contribution is -2.47. The maximum atomic E-state index is 11.9. The molecule has 0 amide bonds. The Kier molecular flexibility index (Phi) is 8.33. The molecule has 8 heteroatoms. The number of nitrogens with zero attached hydrogens (tertiary/aromatic N) is 2. The first-order valence-corrected chi connectivity index (χ1v) is 14.2. The van der Waals surface area contributed by atoms with Crippen LogP contribution < -0.4 is 9.64 Å². The number of piperazine rings is 1. The summed E-state index contributed by atoms with van der Waals surface area (Å²) in [6.45, 7) is 9.21. The summed E-state index contributed by atoms with van der Waals surface area (Å²) < 4.78 is 13.1. The van der Waals surface area contributed by atoms with Gasteiger partial charge in [0, 0.05) is 60.4 Å². The van der Waals surface area contributed by atoms with E-state index in [2.05, 4.69) is 51.7 Å². The molecule has 5 rings (SSSR count). The van der Waals surface area contributed by atoms with Crippen LogP contribution >= 0.6 is 27.5 Å². The minimum absolute atomic E-state index is 0.138. The molecule has 6 nitrogen and oxygen atoms in total. The average Bonchev–Trinajstić information content (AvgIpc) is 2.90. The van der Waals surface area contributed by atoms with Crippen LogP contribution in [0.2, 0.25) is 5.02 Å². The summed E-state index contributed by atoms with van der Waals surface area (Å²) >= 11 is 9.59. The van der Waals surface area contributed by atoms with Crippen molar-refractivity contribution >= 4 is 44.8 Å². The zero-order valence-corrected chi connectivity index (χ0v) is 24.5. The quantitative estimate of drug-likeness (QED) is 0.301. The number of hydrogen-bond donors (Lipinski definition) is 1.